The number of aromatic amines is 1. The molecule has 0 saturated carbocycles. The van der Waals surface area contributed by atoms with Gasteiger partial charge in [-0.25, -0.2) is 0 Å². The second kappa shape index (κ2) is 6.23. The van der Waals surface area contributed by atoms with E-state index in [4.69, 9.17) is 5.73 Å². The van der Waals surface area contributed by atoms with Crippen LogP contribution in [0.4, 0.5) is 0 Å². The molecule has 0 aliphatic rings. The summed E-state index contributed by atoms with van der Waals surface area (Å²) in [5.74, 6) is 1.18. The first-order valence-corrected chi connectivity index (χ1v) is 7.38. The lowest BCUT2D eigenvalue weighted by atomic mass is 9.92. The second-order valence-electron chi connectivity index (χ2n) is 6.01. The topological polar surface area (TPSA) is 54.7 Å². The highest BCUT2D eigenvalue weighted by molar-refractivity contribution is 5.33. The molecule has 1 heterocycles. The molecule has 1 unspecified atom stereocenters. The fourth-order valence-corrected chi connectivity index (χ4v) is 2.38. The number of nitrogens with one attached hydrogen (secondary N) is 1. The lowest BCUT2D eigenvalue weighted by Crippen LogP contribution is -2.14. The first kappa shape index (κ1) is 14.8. The van der Waals surface area contributed by atoms with Crippen molar-refractivity contribution in [3.05, 3.63) is 52.8 Å². The summed E-state index contributed by atoms with van der Waals surface area (Å²) in [5.41, 5.74) is 10.8. The summed E-state index contributed by atoms with van der Waals surface area (Å²) >= 11 is 0. The van der Waals surface area contributed by atoms with Crippen LogP contribution in [0.1, 0.15) is 68.0 Å². The lowest BCUT2D eigenvalue weighted by Gasteiger charge is -2.14. The molecule has 0 saturated heterocycles. The number of H-pyrrole nitrogens is 1. The third kappa shape index (κ3) is 3.10. The Morgan fingerprint density at radius 3 is 2.05 bits per heavy atom. The van der Waals surface area contributed by atoms with Crippen molar-refractivity contribution in [1.29, 1.82) is 0 Å². The molecule has 0 spiro atoms. The SMILES string of the molecule is CC(C)c1ccc(C(CN)c2cc(C(C)C)n[nH]2)cc1. The summed E-state index contributed by atoms with van der Waals surface area (Å²) in [5, 5.41) is 7.52. The first-order chi connectivity index (χ1) is 9.52. The van der Waals surface area contributed by atoms with Crippen molar-refractivity contribution >= 4 is 0 Å². The van der Waals surface area contributed by atoms with Crippen molar-refractivity contribution in [2.24, 2.45) is 5.73 Å². The highest BCUT2D eigenvalue weighted by Crippen LogP contribution is 2.26. The van der Waals surface area contributed by atoms with E-state index in [-0.39, 0.29) is 5.92 Å². The second-order valence-corrected chi connectivity index (χ2v) is 6.01. The van der Waals surface area contributed by atoms with Crippen molar-refractivity contribution in [2.75, 3.05) is 6.54 Å². The molecule has 0 bridgehead atoms. The molecule has 20 heavy (non-hydrogen) atoms. The molecule has 0 fully saturated rings. The monoisotopic (exact) mass is 271 g/mol. The summed E-state index contributed by atoms with van der Waals surface area (Å²) < 4.78 is 0. The third-order valence-corrected chi connectivity index (χ3v) is 3.83. The van der Waals surface area contributed by atoms with Crippen LogP contribution in [0.3, 0.4) is 0 Å². The zero-order valence-corrected chi connectivity index (χ0v) is 12.9. The summed E-state index contributed by atoms with van der Waals surface area (Å²) in [6.07, 6.45) is 0. The van der Waals surface area contributed by atoms with Crippen molar-refractivity contribution in [3.63, 3.8) is 0 Å². The van der Waals surface area contributed by atoms with E-state index in [0.717, 1.165) is 11.4 Å². The van der Waals surface area contributed by atoms with Crippen LogP contribution in [0.2, 0.25) is 0 Å². The van der Waals surface area contributed by atoms with E-state index in [0.29, 0.717) is 18.4 Å². The predicted octanol–water partition coefficient (Wildman–Crippen LogP) is 3.75. The Morgan fingerprint density at radius 2 is 1.60 bits per heavy atom. The fraction of sp³-hybridized carbons (Fsp3) is 0.471. The number of hydrogen-bond acceptors (Lipinski definition) is 2. The van der Waals surface area contributed by atoms with Crippen LogP contribution < -0.4 is 5.73 Å². The molecule has 0 amide bonds. The molecular weight excluding hydrogens is 246 g/mol. The molecule has 3 N–H and O–H groups in total. The maximum absolute atomic E-state index is 5.97. The molecular formula is C17H25N3. The van der Waals surface area contributed by atoms with Gasteiger partial charge in [-0.3, -0.25) is 5.10 Å². The van der Waals surface area contributed by atoms with Crippen LogP contribution in [0.25, 0.3) is 0 Å². The standard InChI is InChI=1S/C17H25N3/c1-11(2)13-5-7-14(8-6-13)15(10-18)17-9-16(12(3)4)19-20-17/h5-9,11-12,15H,10,18H2,1-4H3,(H,19,20). The molecule has 0 radical (unpaired) electrons. The van der Waals surface area contributed by atoms with Crippen LogP contribution in [-0.4, -0.2) is 16.7 Å². The Bertz CT molecular complexity index is 538. The Hall–Kier alpha value is -1.61. The quantitative estimate of drug-likeness (QED) is 0.870. The lowest BCUT2D eigenvalue weighted by molar-refractivity contribution is 0.770. The number of nitrogens with two attached hydrogens (primary N) is 1. The van der Waals surface area contributed by atoms with Gasteiger partial charge in [-0.1, -0.05) is 52.0 Å². The van der Waals surface area contributed by atoms with Crippen molar-refractivity contribution < 1.29 is 0 Å². The van der Waals surface area contributed by atoms with E-state index in [1.165, 1.54) is 11.1 Å². The largest absolute Gasteiger partial charge is 0.329 e. The van der Waals surface area contributed by atoms with Gasteiger partial charge in [-0.2, -0.15) is 5.10 Å². The van der Waals surface area contributed by atoms with Crippen LogP contribution in [-0.2, 0) is 0 Å². The van der Waals surface area contributed by atoms with E-state index >= 15 is 0 Å². The number of benzene rings is 1. The average molecular weight is 271 g/mol. The fourth-order valence-electron chi connectivity index (χ4n) is 2.38. The Balaban J connectivity index is 2.26. The minimum Gasteiger partial charge on any atom is -0.329 e. The molecule has 108 valence electrons. The van der Waals surface area contributed by atoms with Gasteiger partial charge in [-0.05, 0) is 29.0 Å². The minimum atomic E-state index is 0.191. The van der Waals surface area contributed by atoms with Gasteiger partial charge >= 0.3 is 0 Å². The van der Waals surface area contributed by atoms with Gasteiger partial charge in [0.2, 0.25) is 0 Å². The van der Waals surface area contributed by atoms with E-state index in [1.807, 2.05) is 0 Å². The van der Waals surface area contributed by atoms with Gasteiger partial charge in [0, 0.05) is 18.2 Å². The normalized spacial score (nSPS) is 13.2. The Kier molecular flexibility index (Phi) is 4.61. The predicted molar refractivity (Wildman–Crippen MR) is 84.1 cm³/mol. The zero-order valence-electron chi connectivity index (χ0n) is 12.9. The van der Waals surface area contributed by atoms with Crippen molar-refractivity contribution in [1.82, 2.24) is 10.2 Å². The summed E-state index contributed by atoms with van der Waals surface area (Å²) in [6.45, 7) is 9.29. The molecule has 2 aromatic rings. The number of hydrogen-bond donors (Lipinski definition) is 2. The molecule has 3 nitrogen and oxygen atoms in total. The van der Waals surface area contributed by atoms with Crippen LogP contribution in [0.5, 0.6) is 0 Å². The maximum Gasteiger partial charge on any atom is 0.0650 e. The van der Waals surface area contributed by atoms with Gasteiger partial charge in [0.1, 0.15) is 0 Å². The summed E-state index contributed by atoms with van der Waals surface area (Å²) in [6, 6.07) is 10.9. The molecule has 1 atom stereocenters. The van der Waals surface area contributed by atoms with Gasteiger partial charge < -0.3 is 5.73 Å². The van der Waals surface area contributed by atoms with Crippen molar-refractivity contribution in [2.45, 2.75) is 45.4 Å². The molecule has 2 rings (SSSR count). The van der Waals surface area contributed by atoms with Crippen LogP contribution in [0, 0.1) is 0 Å². The number of rotatable bonds is 5. The van der Waals surface area contributed by atoms with E-state index < -0.39 is 0 Å². The summed E-state index contributed by atoms with van der Waals surface area (Å²) in [7, 11) is 0. The highest BCUT2D eigenvalue weighted by atomic mass is 15.1. The zero-order chi connectivity index (χ0) is 14.7. The number of aromatic nitrogens is 2. The van der Waals surface area contributed by atoms with Crippen LogP contribution in [0.15, 0.2) is 30.3 Å². The third-order valence-electron chi connectivity index (χ3n) is 3.83. The summed E-state index contributed by atoms with van der Waals surface area (Å²) in [4.78, 5) is 0. The average Bonchev–Trinajstić information content (AvgIpc) is 2.90. The smallest absolute Gasteiger partial charge is 0.0650 e. The number of nitrogens with zero attached hydrogens (tertiary/aromatic N) is 1. The maximum atomic E-state index is 5.97. The molecule has 1 aromatic carbocycles. The molecule has 3 heteroatoms. The first-order valence-electron chi connectivity index (χ1n) is 7.38. The van der Waals surface area contributed by atoms with Gasteiger partial charge in [-0.15, -0.1) is 0 Å². The Labute approximate surface area is 121 Å². The van der Waals surface area contributed by atoms with E-state index in [1.54, 1.807) is 0 Å². The van der Waals surface area contributed by atoms with Crippen LogP contribution >= 0.6 is 0 Å². The molecule has 0 aliphatic heterocycles. The van der Waals surface area contributed by atoms with E-state index in [9.17, 15) is 0 Å². The molecule has 1 aromatic heterocycles. The molecule has 0 aliphatic carbocycles. The van der Waals surface area contributed by atoms with Crippen molar-refractivity contribution in [3.8, 4) is 0 Å². The highest BCUT2D eigenvalue weighted by Gasteiger charge is 2.16. The van der Waals surface area contributed by atoms with Gasteiger partial charge in [0.25, 0.3) is 0 Å². The minimum absolute atomic E-state index is 0.191. The van der Waals surface area contributed by atoms with Gasteiger partial charge in [0.05, 0.1) is 5.69 Å². The van der Waals surface area contributed by atoms with E-state index in [2.05, 4.69) is 68.2 Å². The van der Waals surface area contributed by atoms with Gasteiger partial charge in [0.15, 0.2) is 0 Å². The Morgan fingerprint density at radius 1 is 1.00 bits per heavy atom.